The van der Waals surface area contributed by atoms with Crippen LogP contribution in [0.15, 0.2) is 47.5 Å². The predicted molar refractivity (Wildman–Crippen MR) is 107 cm³/mol. The van der Waals surface area contributed by atoms with Crippen molar-refractivity contribution in [2.75, 3.05) is 13.1 Å². The average Bonchev–Trinajstić information content (AvgIpc) is 2.97. The Hall–Kier alpha value is -3.27. The Balaban J connectivity index is 1.57. The summed E-state index contributed by atoms with van der Waals surface area (Å²) < 4.78 is 28.7. The molecule has 1 aromatic heterocycles. The van der Waals surface area contributed by atoms with Crippen LogP contribution >= 0.6 is 11.8 Å². The number of pyridine rings is 1. The second-order valence-electron chi connectivity index (χ2n) is 6.23. The lowest BCUT2D eigenvalue weighted by molar-refractivity contribution is -0.122. The van der Waals surface area contributed by atoms with Crippen LogP contribution in [0.25, 0.3) is 6.08 Å². The van der Waals surface area contributed by atoms with E-state index in [-0.39, 0.29) is 29.7 Å². The molecular formula is C20H17F2N3O4S. The molecule has 0 bridgehead atoms. The van der Waals surface area contributed by atoms with E-state index in [0.717, 1.165) is 22.4 Å². The molecule has 2 aromatic rings. The second kappa shape index (κ2) is 9.49. The van der Waals surface area contributed by atoms with Crippen molar-refractivity contribution in [1.82, 2.24) is 15.2 Å². The van der Waals surface area contributed by atoms with Gasteiger partial charge < -0.3 is 10.1 Å². The van der Waals surface area contributed by atoms with Crippen molar-refractivity contribution >= 4 is 34.9 Å². The Bertz CT molecular complexity index is 979. The number of carbonyl (C=O) groups excluding carboxylic acids is 3. The van der Waals surface area contributed by atoms with Gasteiger partial charge in [-0.3, -0.25) is 24.3 Å². The van der Waals surface area contributed by atoms with Gasteiger partial charge in [-0.1, -0.05) is 12.1 Å². The number of imide groups is 1. The number of aryl methyl sites for hydroxylation is 1. The number of carbonyl (C=O) groups is 3. The smallest absolute Gasteiger partial charge is 0.387 e. The minimum absolute atomic E-state index is 0.00484. The molecule has 1 aliphatic heterocycles. The molecule has 0 saturated carbocycles. The highest BCUT2D eigenvalue weighted by molar-refractivity contribution is 8.18. The molecule has 3 amide bonds. The fourth-order valence-corrected chi connectivity index (χ4v) is 3.44. The molecule has 1 aromatic carbocycles. The molecule has 0 atom stereocenters. The first-order valence-electron chi connectivity index (χ1n) is 8.84. The van der Waals surface area contributed by atoms with E-state index in [4.69, 9.17) is 0 Å². The molecule has 30 heavy (non-hydrogen) atoms. The minimum Gasteiger partial charge on any atom is -0.435 e. The fourth-order valence-electron chi connectivity index (χ4n) is 2.58. The van der Waals surface area contributed by atoms with Crippen molar-refractivity contribution in [3.05, 3.63) is 64.3 Å². The summed E-state index contributed by atoms with van der Waals surface area (Å²) in [6.45, 7) is -0.998. The summed E-state index contributed by atoms with van der Waals surface area (Å²) in [6.07, 6.45) is 2.94. The predicted octanol–water partition coefficient (Wildman–Crippen LogP) is 3.46. The van der Waals surface area contributed by atoms with Crippen LogP contribution < -0.4 is 10.1 Å². The summed E-state index contributed by atoms with van der Waals surface area (Å²) in [7, 11) is 0. The van der Waals surface area contributed by atoms with Gasteiger partial charge in [0.1, 0.15) is 5.75 Å². The number of alkyl halides is 2. The molecular weight excluding hydrogens is 416 g/mol. The summed E-state index contributed by atoms with van der Waals surface area (Å²) in [5.41, 5.74) is 1.73. The highest BCUT2D eigenvalue weighted by Crippen LogP contribution is 2.32. The number of aromatic nitrogens is 1. The van der Waals surface area contributed by atoms with Gasteiger partial charge in [0.2, 0.25) is 0 Å². The number of halogens is 2. The third kappa shape index (κ3) is 5.41. The molecule has 0 aliphatic carbocycles. The fraction of sp³-hybridized carbons (Fsp3) is 0.200. The van der Waals surface area contributed by atoms with Crippen LogP contribution in [-0.4, -0.2) is 46.6 Å². The summed E-state index contributed by atoms with van der Waals surface area (Å²) in [5.74, 6) is -0.838. The molecule has 1 N–H and O–H groups in total. The Morgan fingerprint density at radius 1 is 1.23 bits per heavy atom. The van der Waals surface area contributed by atoms with Gasteiger partial charge in [0.05, 0.1) is 10.5 Å². The zero-order valence-corrected chi connectivity index (χ0v) is 16.6. The number of rotatable bonds is 7. The normalized spacial score (nSPS) is 15.2. The molecule has 7 nitrogen and oxygen atoms in total. The van der Waals surface area contributed by atoms with Gasteiger partial charge in [0.25, 0.3) is 17.1 Å². The van der Waals surface area contributed by atoms with Gasteiger partial charge in [-0.15, -0.1) is 0 Å². The topological polar surface area (TPSA) is 88.6 Å². The van der Waals surface area contributed by atoms with E-state index >= 15 is 0 Å². The zero-order chi connectivity index (χ0) is 21.7. The van der Waals surface area contributed by atoms with Crippen LogP contribution in [0.4, 0.5) is 13.6 Å². The summed E-state index contributed by atoms with van der Waals surface area (Å²) in [4.78, 5) is 42.0. The van der Waals surface area contributed by atoms with E-state index in [1.807, 2.05) is 0 Å². The lowest BCUT2D eigenvalue weighted by atomic mass is 10.2. The van der Waals surface area contributed by atoms with E-state index in [0.29, 0.717) is 11.1 Å². The third-order valence-corrected chi connectivity index (χ3v) is 4.98. The first-order valence-corrected chi connectivity index (χ1v) is 9.66. The molecule has 0 radical (unpaired) electrons. The lowest BCUT2D eigenvalue weighted by Gasteiger charge is -2.13. The van der Waals surface area contributed by atoms with Crippen molar-refractivity contribution in [3.63, 3.8) is 0 Å². The van der Waals surface area contributed by atoms with Gasteiger partial charge in [0.15, 0.2) is 0 Å². The van der Waals surface area contributed by atoms with E-state index < -0.39 is 17.8 Å². The molecule has 10 heteroatoms. The summed E-state index contributed by atoms with van der Waals surface area (Å²) >= 11 is 0.773. The maximum absolute atomic E-state index is 12.5. The van der Waals surface area contributed by atoms with Gasteiger partial charge in [-0.2, -0.15) is 8.78 Å². The molecule has 2 heterocycles. The molecule has 0 spiro atoms. The standard InChI is InChI=1S/C20H17F2N3O4S/c1-12-2-5-14(11-24-12)17(26)23-8-9-25-18(27)16(30-20(25)28)10-13-3-6-15(7-4-13)29-19(21)22/h2-7,10-11,19H,8-9H2,1H3,(H,23,26)/b16-10-. The first-order chi connectivity index (χ1) is 14.3. The Kier molecular flexibility index (Phi) is 6.78. The van der Waals surface area contributed by atoms with Crippen LogP contribution in [0.1, 0.15) is 21.6 Å². The highest BCUT2D eigenvalue weighted by atomic mass is 32.2. The summed E-state index contributed by atoms with van der Waals surface area (Å²) in [5, 5.41) is 2.19. The van der Waals surface area contributed by atoms with Crippen molar-refractivity contribution in [2.45, 2.75) is 13.5 Å². The van der Waals surface area contributed by atoms with E-state index in [2.05, 4.69) is 15.0 Å². The average molecular weight is 433 g/mol. The molecule has 3 rings (SSSR count). The second-order valence-corrected chi connectivity index (χ2v) is 7.22. The first kappa shape index (κ1) is 21.4. The van der Waals surface area contributed by atoms with Gasteiger partial charge in [0, 0.05) is 25.0 Å². The van der Waals surface area contributed by atoms with Crippen molar-refractivity contribution in [2.24, 2.45) is 0 Å². The van der Waals surface area contributed by atoms with Crippen LogP contribution in [0.5, 0.6) is 5.75 Å². The van der Waals surface area contributed by atoms with Crippen LogP contribution in [0, 0.1) is 6.92 Å². The number of nitrogens with zero attached hydrogens (tertiary/aromatic N) is 2. The lowest BCUT2D eigenvalue weighted by Crippen LogP contribution is -2.37. The third-order valence-electron chi connectivity index (χ3n) is 4.07. The number of ether oxygens (including phenoxy) is 1. The molecule has 0 unspecified atom stereocenters. The molecule has 1 fully saturated rings. The van der Waals surface area contributed by atoms with Gasteiger partial charge in [-0.05, 0) is 54.6 Å². The number of nitrogens with one attached hydrogen (secondary N) is 1. The Labute approximate surface area is 175 Å². The number of amides is 3. The van der Waals surface area contributed by atoms with Gasteiger partial charge >= 0.3 is 6.61 Å². The number of hydrogen-bond acceptors (Lipinski definition) is 6. The van der Waals surface area contributed by atoms with Crippen molar-refractivity contribution < 1.29 is 27.9 Å². The van der Waals surface area contributed by atoms with E-state index in [9.17, 15) is 23.2 Å². The zero-order valence-electron chi connectivity index (χ0n) is 15.8. The SMILES string of the molecule is Cc1ccc(C(=O)NCCN2C(=O)S/C(=C\c3ccc(OC(F)F)cc3)C2=O)cn1. The minimum atomic E-state index is -2.92. The number of thioether (sulfide) groups is 1. The van der Waals surface area contributed by atoms with Crippen molar-refractivity contribution in [1.29, 1.82) is 0 Å². The monoisotopic (exact) mass is 433 g/mol. The van der Waals surface area contributed by atoms with Crippen LogP contribution in [0.2, 0.25) is 0 Å². The van der Waals surface area contributed by atoms with Crippen molar-refractivity contribution in [3.8, 4) is 5.75 Å². The molecule has 1 saturated heterocycles. The van der Waals surface area contributed by atoms with Crippen LogP contribution in [0.3, 0.4) is 0 Å². The van der Waals surface area contributed by atoms with Gasteiger partial charge in [-0.25, -0.2) is 0 Å². The Morgan fingerprint density at radius 3 is 2.60 bits per heavy atom. The highest BCUT2D eigenvalue weighted by Gasteiger charge is 2.34. The number of hydrogen-bond donors (Lipinski definition) is 1. The number of benzene rings is 1. The Morgan fingerprint density at radius 2 is 1.97 bits per heavy atom. The van der Waals surface area contributed by atoms with E-state index in [1.54, 1.807) is 19.1 Å². The van der Waals surface area contributed by atoms with Crippen LogP contribution in [-0.2, 0) is 4.79 Å². The molecule has 1 aliphatic rings. The largest absolute Gasteiger partial charge is 0.435 e. The quantitative estimate of drug-likeness (QED) is 0.673. The van der Waals surface area contributed by atoms with E-state index in [1.165, 1.54) is 36.5 Å². The maximum Gasteiger partial charge on any atom is 0.387 e. The maximum atomic E-state index is 12.5. The summed E-state index contributed by atoms with van der Waals surface area (Å²) in [6, 6.07) is 9.04. The molecule has 156 valence electrons.